The van der Waals surface area contributed by atoms with Gasteiger partial charge in [-0.2, -0.15) is 13.2 Å². The van der Waals surface area contributed by atoms with Crippen molar-refractivity contribution in [1.29, 1.82) is 0 Å². The van der Waals surface area contributed by atoms with Crippen molar-refractivity contribution in [2.24, 2.45) is 0 Å². The Morgan fingerprint density at radius 1 is 1.12 bits per heavy atom. The summed E-state index contributed by atoms with van der Waals surface area (Å²) in [6.07, 6.45) is -5.61. The van der Waals surface area contributed by atoms with Gasteiger partial charge in [-0.15, -0.1) is 0 Å². The van der Waals surface area contributed by atoms with Gasteiger partial charge in [0.25, 0.3) is 5.91 Å². The number of nitrogens with one attached hydrogen (secondary N) is 3. The second-order valence-corrected chi connectivity index (χ2v) is 10.1. The van der Waals surface area contributed by atoms with E-state index >= 15 is 0 Å². The highest BCUT2D eigenvalue weighted by Gasteiger charge is 2.58. The van der Waals surface area contributed by atoms with Crippen LogP contribution in [0.15, 0.2) is 42.5 Å². The van der Waals surface area contributed by atoms with Gasteiger partial charge in [0.2, 0.25) is 17.4 Å². The molecule has 0 bridgehead atoms. The number of carbonyl (C=O) groups is 5. The quantitative estimate of drug-likeness (QED) is 0.375. The van der Waals surface area contributed by atoms with E-state index in [0.29, 0.717) is 26.6 Å². The molecule has 0 radical (unpaired) electrons. The van der Waals surface area contributed by atoms with Gasteiger partial charge in [-0.25, -0.2) is 18.9 Å². The molecule has 6 amide bonds. The zero-order chi connectivity index (χ0) is 31.5. The fraction of sp³-hybridized carbons (Fsp3) is 0.393. The van der Waals surface area contributed by atoms with Gasteiger partial charge in [0, 0.05) is 44.2 Å². The first-order chi connectivity index (χ1) is 20.2. The third-order valence-corrected chi connectivity index (χ3v) is 7.35. The van der Waals surface area contributed by atoms with Gasteiger partial charge in [-0.1, -0.05) is 18.2 Å². The number of ether oxygens (including phenoxy) is 1. The second-order valence-electron chi connectivity index (χ2n) is 10.1. The average molecular weight is 608 g/mol. The highest BCUT2D eigenvalue weighted by Crippen LogP contribution is 2.46. The van der Waals surface area contributed by atoms with Crippen LogP contribution < -0.4 is 16.0 Å². The summed E-state index contributed by atoms with van der Waals surface area (Å²) in [4.78, 5) is 63.9. The highest BCUT2D eigenvalue weighted by atomic mass is 19.4. The summed E-state index contributed by atoms with van der Waals surface area (Å²) < 4.78 is 59.7. The molecule has 1 aliphatic carbocycles. The summed E-state index contributed by atoms with van der Waals surface area (Å²) in [5, 5.41) is 7.57. The van der Waals surface area contributed by atoms with Crippen LogP contribution in [0.4, 0.5) is 32.8 Å². The Balaban J connectivity index is 1.48. The van der Waals surface area contributed by atoms with Gasteiger partial charge in [-0.3, -0.25) is 14.4 Å². The van der Waals surface area contributed by atoms with Crippen LogP contribution in [0.2, 0.25) is 0 Å². The van der Waals surface area contributed by atoms with Crippen LogP contribution in [0.1, 0.15) is 36.5 Å². The molecule has 1 heterocycles. The summed E-state index contributed by atoms with van der Waals surface area (Å²) in [5.41, 5.74) is -0.265. The van der Waals surface area contributed by atoms with E-state index in [4.69, 9.17) is 4.74 Å². The molecule has 0 aromatic heterocycles. The lowest BCUT2D eigenvalue weighted by molar-refractivity contribution is -0.187. The standard InChI is InChI=1S/C28H29F4N5O6/c1-16(28(30,31)32)36(14-17-3-5-19(29)6-4-17)23(39)15-37-24(40)27(43-26(37)42)11-9-18-13-20(7-8-21(18)27)35-25(41)34-12-10-22(38)33-2/h3-8,13,16H,9-12,14-15H2,1-2H3,(H,33,38)(H2,34,35,41)/t16-,27+/m0/s1. The molecular formula is C28H29F4N5O6. The molecule has 0 saturated carbocycles. The van der Waals surface area contributed by atoms with Crippen molar-refractivity contribution in [2.75, 3.05) is 25.5 Å². The van der Waals surface area contributed by atoms with Gasteiger partial charge in [0.15, 0.2) is 0 Å². The molecule has 2 aromatic carbocycles. The molecule has 2 aliphatic rings. The van der Waals surface area contributed by atoms with Crippen molar-refractivity contribution in [3.8, 4) is 0 Å². The predicted octanol–water partition coefficient (Wildman–Crippen LogP) is 3.18. The summed E-state index contributed by atoms with van der Waals surface area (Å²) >= 11 is 0. The number of carbonyl (C=O) groups excluding carboxylic acids is 5. The summed E-state index contributed by atoms with van der Waals surface area (Å²) in [6, 6.07) is 6.27. The van der Waals surface area contributed by atoms with Crippen LogP contribution in [0.3, 0.4) is 0 Å². The fourth-order valence-corrected chi connectivity index (χ4v) is 4.95. The Bertz CT molecular complexity index is 1430. The third kappa shape index (κ3) is 6.70. The number of halogens is 4. The Labute approximate surface area is 243 Å². The van der Waals surface area contributed by atoms with Crippen molar-refractivity contribution in [1.82, 2.24) is 20.4 Å². The lowest BCUT2D eigenvalue weighted by Gasteiger charge is -2.31. The predicted molar refractivity (Wildman–Crippen MR) is 143 cm³/mol. The maximum Gasteiger partial charge on any atom is 0.418 e. The molecule has 0 unspecified atom stereocenters. The summed E-state index contributed by atoms with van der Waals surface area (Å²) in [7, 11) is 1.47. The minimum Gasteiger partial charge on any atom is -0.427 e. The first-order valence-electron chi connectivity index (χ1n) is 13.3. The lowest BCUT2D eigenvalue weighted by atomic mass is 9.94. The van der Waals surface area contributed by atoms with Crippen molar-refractivity contribution < 1.29 is 46.3 Å². The third-order valence-electron chi connectivity index (χ3n) is 7.35. The van der Waals surface area contributed by atoms with Gasteiger partial charge in [0.1, 0.15) is 18.4 Å². The zero-order valence-electron chi connectivity index (χ0n) is 23.2. The number of hydrogen-bond donors (Lipinski definition) is 3. The maximum absolute atomic E-state index is 13.6. The van der Waals surface area contributed by atoms with Gasteiger partial charge in [0.05, 0.1) is 0 Å². The van der Waals surface area contributed by atoms with Crippen molar-refractivity contribution >= 4 is 35.5 Å². The second kappa shape index (κ2) is 12.3. The smallest absolute Gasteiger partial charge is 0.418 e. The first-order valence-corrected chi connectivity index (χ1v) is 13.3. The van der Waals surface area contributed by atoms with E-state index in [0.717, 1.165) is 19.1 Å². The fourth-order valence-electron chi connectivity index (χ4n) is 4.95. The SMILES string of the molecule is CNC(=O)CCNC(=O)Nc1ccc2c(c1)CC[C@@]21OC(=O)N(CC(=O)N(Cc2ccc(F)cc2)[C@@H](C)C(F)(F)F)C1=O. The number of nitrogens with zero attached hydrogens (tertiary/aromatic N) is 2. The van der Waals surface area contributed by atoms with E-state index in [1.54, 1.807) is 6.07 Å². The number of amides is 6. The Morgan fingerprint density at radius 3 is 2.47 bits per heavy atom. The Kier molecular flexibility index (Phi) is 8.92. The van der Waals surface area contributed by atoms with Gasteiger partial charge >= 0.3 is 18.3 Å². The molecular weight excluding hydrogens is 578 g/mol. The van der Waals surface area contributed by atoms with Crippen molar-refractivity contribution in [3.05, 3.63) is 65.0 Å². The first kappa shape index (κ1) is 31.3. The van der Waals surface area contributed by atoms with Crippen LogP contribution in [0.5, 0.6) is 0 Å². The number of benzene rings is 2. The van der Waals surface area contributed by atoms with Crippen LogP contribution in [0, 0.1) is 5.82 Å². The van der Waals surface area contributed by atoms with E-state index in [-0.39, 0.29) is 37.3 Å². The average Bonchev–Trinajstić information content (AvgIpc) is 3.43. The normalized spacial score (nSPS) is 18.2. The highest BCUT2D eigenvalue weighted by molar-refractivity contribution is 6.06. The number of alkyl halides is 3. The molecule has 1 saturated heterocycles. The Morgan fingerprint density at radius 2 is 1.81 bits per heavy atom. The monoisotopic (exact) mass is 607 g/mol. The molecule has 4 rings (SSSR count). The van der Waals surface area contributed by atoms with Gasteiger partial charge < -0.3 is 25.6 Å². The summed E-state index contributed by atoms with van der Waals surface area (Å²) in [6.45, 7) is -0.665. The topological polar surface area (TPSA) is 137 Å². The number of imide groups is 1. The van der Waals surface area contributed by atoms with E-state index < -0.39 is 60.7 Å². The zero-order valence-corrected chi connectivity index (χ0v) is 23.2. The lowest BCUT2D eigenvalue weighted by Crippen LogP contribution is -2.51. The number of aryl methyl sites for hydroxylation is 1. The van der Waals surface area contributed by atoms with Crippen molar-refractivity contribution in [2.45, 2.75) is 50.6 Å². The largest absolute Gasteiger partial charge is 0.427 e. The van der Waals surface area contributed by atoms with E-state index in [9.17, 15) is 41.5 Å². The molecule has 230 valence electrons. The number of hydrogen-bond acceptors (Lipinski definition) is 6. The number of fused-ring (bicyclic) bond motifs is 2. The van der Waals surface area contributed by atoms with Crippen LogP contribution in [-0.4, -0.2) is 72.0 Å². The van der Waals surface area contributed by atoms with Gasteiger partial charge in [-0.05, 0) is 48.7 Å². The number of urea groups is 1. The number of anilines is 1. The molecule has 2 atom stereocenters. The van der Waals surface area contributed by atoms with Crippen molar-refractivity contribution in [3.63, 3.8) is 0 Å². The molecule has 11 nitrogen and oxygen atoms in total. The van der Waals surface area contributed by atoms with Crippen LogP contribution >= 0.6 is 0 Å². The van der Waals surface area contributed by atoms with E-state index in [2.05, 4.69) is 16.0 Å². The molecule has 15 heteroatoms. The summed E-state index contributed by atoms with van der Waals surface area (Å²) in [5.74, 6) is -2.90. The maximum atomic E-state index is 13.6. The van der Waals surface area contributed by atoms with E-state index in [1.165, 1.54) is 31.3 Å². The Hall–Kier alpha value is -4.69. The number of rotatable bonds is 9. The molecule has 1 aliphatic heterocycles. The molecule has 1 spiro atoms. The minimum absolute atomic E-state index is 0.0254. The molecule has 1 fully saturated rings. The molecule has 3 N–H and O–H groups in total. The minimum atomic E-state index is -4.82. The van der Waals surface area contributed by atoms with E-state index in [1.807, 2.05) is 0 Å². The van der Waals surface area contributed by atoms with Crippen LogP contribution in [-0.2, 0) is 37.7 Å². The molecule has 2 aromatic rings. The molecule has 43 heavy (non-hydrogen) atoms. The van der Waals surface area contributed by atoms with Crippen LogP contribution in [0.25, 0.3) is 0 Å².